The molecule has 3 aromatic rings. The summed E-state index contributed by atoms with van der Waals surface area (Å²) in [5.74, 6) is 1.37. The highest BCUT2D eigenvalue weighted by molar-refractivity contribution is 7.13. The van der Waals surface area contributed by atoms with Crippen LogP contribution in [0.4, 0.5) is 5.13 Å². The van der Waals surface area contributed by atoms with Crippen LogP contribution < -0.4 is 14.9 Å². The average molecular weight is 353 g/mol. The second-order valence-electron chi connectivity index (χ2n) is 5.39. The zero-order chi connectivity index (χ0) is 17.5. The van der Waals surface area contributed by atoms with Crippen LogP contribution in [0.1, 0.15) is 16.7 Å². The van der Waals surface area contributed by atoms with Crippen LogP contribution in [-0.4, -0.2) is 18.3 Å². The van der Waals surface area contributed by atoms with Gasteiger partial charge < -0.3 is 9.47 Å². The normalized spacial score (nSPS) is 10.8. The first-order chi connectivity index (χ1) is 12.2. The van der Waals surface area contributed by atoms with E-state index in [-0.39, 0.29) is 0 Å². The molecule has 5 nitrogen and oxygen atoms in total. The van der Waals surface area contributed by atoms with Crippen molar-refractivity contribution in [2.24, 2.45) is 5.10 Å². The van der Waals surface area contributed by atoms with Crippen LogP contribution >= 0.6 is 11.3 Å². The Morgan fingerprint density at radius 2 is 2.00 bits per heavy atom. The van der Waals surface area contributed by atoms with Gasteiger partial charge in [-0.3, -0.25) is 5.43 Å². The predicted octanol–water partition coefficient (Wildman–Crippen LogP) is 4.49. The molecule has 0 radical (unpaired) electrons. The zero-order valence-electron chi connectivity index (χ0n) is 14.1. The first-order valence-electron chi connectivity index (χ1n) is 7.79. The van der Waals surface area contributed by atoms with Gasteiger partial charge in [0.1, 0.15) is 6.61 Å². The Hall–Kier alpha value is -2.86. The SMILES string of the molecule is COc1ccc(/C=N\Nc2nccs2)cc1OCc1ccc(C)cc1. The zero-order valence-corrected chi connectivity index (χ0v) is 14.9. The summed E-state index contributed by atoms with van der Waals surface area (Å²) in [6.07, 6.45) is 3.45. The Morgan fingerprint density at radius 3 is 2.72 bits per heavy atom. The fourth-order valence-corrected chi connectivity index (χ4v) is 2.65. The van der Waals surface area contributed by atoms with Crippen LogP contribution in [0.15, 0.2) is 59.1 Å². The Labute approximate surface area is 151 Å². The monoisotopic (exact) mass is 353 g/mol. The number of nitrogens with one attached hydrogen (secondary N) is 1. The number of thiazole rings is 1. The molecule has 0 saturated carbocycles. The summed E-state index contributed by atoms with van der Waals surface area (Å²) in [5.41, 5.74) is 6.13. The van der Waals surface area contributed by atoms with Crippen molar-refractivity contribution >= 4 is 22.7 Å². The minimum Gasteiger partial charge on any atom is -0.493 e. The Bertz CT molecular complexity index is 830. The molecule has 0 amide bonds. The molecule has 0 fully saturated rings. The molecule has 1 aromatic heterocycles. The largest absolute Gasteiger partial charge is 0.493 e. The number of hydrazone groups is 1. The van der Waals surface area contributed by atoms with Gasteiger partial charge in [-0.2, -0.15) is 5.10 Å². The lowest BCUT2D eigenvalue weighted by Gasteiger charge is -2.11. The van der Waals surface area contributed by atoms with Crippen molar-refractivity contribution in [1.29, 1.82) is 0 Å². The highest BCUT2D eigenvalue weighted by Gasteiger charge is 2.06. The summed E-state index contributed by atoms with van der Waals surface area (Å²) >= 11 is 1.49. The summed E-state index contributed by atoms with van der Waals surface area (Å²) in [7, 11) is 1.63. The van der Waals surface area contributed by atoms with Crippen molar-refractivity contribution in [3.63, 3.8) is 0 Å². The molecule has 0 spiro atoms. The van der Waals surface area contributed by atoms with Gasteiger partial charge in [-0.05, 0) is 36.2 Å². The van der Waals surface area contributed by atoms with Crippen LogP contribution in [0.2, 0.25) is 0 Å². The Morgan fingerprint density at radius 1 is 1.16 bits per heavy atom. The quantitative estimate of drug-likeness (QED) is 0.502. The maximum Gasteiger partial charge on any atom is 0.203 e. The maximum atomic E-state index is 5.93. The van der Waals surface area contributed by atoms with Gasteiger partial charge in [-0.15, -0.1) is 11.3 Å². The first-order valence-corrected chi connectivity index (χ1v) is 8.67. The third-order valence-electron chi connectivity index (χ3n) is 3.51. The molecule has 1 N–H and O–H groups in total. The van der Waals surface area contributed by atoms with E-state index in [0.717, 1.165) is 16.3 Å². The number of hydrogen-bond acceptors (Lipinski definition) is 6. The number of aromatic nitrogens is 1. The van der Waals surface area contributed by atoms with Crippen molar-refractivity contribution in [3.05, 3.63) is 70.7 Å². The van der Waals surface area contributed by atoms with E-state index >= 15 is 0 Å². The van der Waals surface area contributed by atoms with Crippen molar-refractivity contribution < 1.29 is 9.47 Å². The summed E-state index contributed by atoms with van der Waals surface area (Å²) in [6, 6.07) is 14.0. The highest BCUT2D eigenvalue weighted by atomic mass is 32.1. The fraction of sp³-hybridized carbons (Fsp3) is 0.158. The van der Waals surface area contributed by atoms with Crippen LogP contribution in [-0.2, 0) is 6.61 Å². The van der Waals surface area contributed by atoms with Crippen molar-refractivity contribution in [3.8, 4) is 11.5 Å². The standard InChI is InChI=1S/C19H19N3O2S/c1-14-3-5-15(6-4-14)13-24-18-11-16(7-8-17(18)23-2)12-21-22-19-20-9-10-25-19/h3-12H,13H2,1-2H3,(H,20,22)/b21-12-. The lowest BCUT2D eigenvalue weighted by molar-refractivity contribution is 0.284. The number of rotatable bonds is 7. The third kappa shape index (κ3) is 4.81. The van der Waals surface area contributed by atoms with Gasteiger partial charge in [0, 0.05) is 11.6 Å². The topological polar surface area (TPSA) is 55.7 Å². The van der Waals surface area contributed by atoms with E-state index < -0.39 is 0 Å². The van der Waals surface area contributed by atoms with Crippen molar-refractivity contribution in [1.82, 2.24) is 4.98 Å². The van der Waals surface area contributed by atoms with Gasteiger partial charge in [-0.1, -0.05) is 29.8 Å². The molecule has 3 rings (SSSR count). The van der Waals surface area contributed by atoms with Crippen LogP contribution in [0.3, 0.4) is 0 Å². The first kappa shape index (κ1) is 17.0. The fourth-order valence-electron chi connectivity index (χ4n) is 2.17. The van der Waals surface area contributed by atoms with E-state index in [4.69, 9.17) is 9.47 Å². The number of benzene rings is 2. The maximum absolute atomic E-state index is 5.93. The molecule has 2 aromatic carbocycles. The number of anilines is 1. The van der Waals surface area contributed by atoms with Gasteiger partial charge in [0.15, 0.2) is 11.5 Å². The second kappa shape index (κ2) is 8.30. The summed E-state index contributed by atoms with van der Waals surface area (Å²) in [6.45, 7) is 2.55. The number of ether oxygens (including phenoxy) is 2. The van der Waals surface area contributed by atoms with Crippen molar-refractivity contribution in [2.75, 3.05) is 12.5 Å². The van der Waals surface area contributed by atoms with E-state index in [1.807, 2.05) is 23.6 Å². The minimum atomic E-state index is 0.481. The Balaban J connectivity index is 1.68. The summed E-state index contributed by atoms with van der Waals surface area (Å²) < 4.78 is 11.3. The molecule has 0 atom stereocenters. The second-order valence-corrected chi connectivity index (χ2v) is 6.29. The number of hydrogen-bond donors (Lipinski definition) is 1. The van der Waals surface area contributed by atoms with Crippen LogP contribution in [0.25, 0.3) is 0 Å². The predicted molar refractivity (Wildman–Crippen MR) is 102 cm³/mol. The Kier molecular flexibility index (Phi) is 5.64. The van der Waals surface area contributed by atoms with E-state index in [2.05, 4.69) is 46.7 Å². The van der Waals surface area contributed by atoms with Crippen LogP contribution in [0, 0.1) is 6.92 Å². The van der Waals surface area contributed by atoms with E-state index in [0.29, 0.717) is 18.1 Å². The van der Waals surface area contributed by atoms with E-state index in [1.165, 1.54) is 16.9 Å². The third-order valence-corrected chi connectivity index (χ3v) is 4.19. The van der Waals surface area contributed by atoms with Gasteiger partial charge in [-0.25, -0.2) is 4.98 Å². The van der Waals surface area contributed by atoms with Gasteiger partial charge in [0.25, 0.3) is 0 Å². The number of aryl methyl sites for hydroxylation is 1. The lowest BCUT2D eigenvalue weighted by Crippen LogP contribution is -1.99. The lowest BCUT2D eigenvalue weighted by atomic mass is 10.1. The molecular weight excluding hydrogens is 334 g/mol. The van der Waals surface area contributed by atoms with Crippen LogP contribution in [0.5, 0.6) is 11.5 Å². The molecule has 0 saturated heterocycles. The van der Waals surface area contributed by atoms with Gasteiger partial charge in [0.2, 0.25) is 5.13 Å². The highest BCUT2D eigenvalue weighted by Crippen LogP contribution is 2.28. The molecule has 0 aliphatic heterocycles. The number of methoxy groups -OCH3 is 1. The van der Waals surface area contributed by atoms with Gasteiger partial charge in [0.05, 0.1) is 13.3 Å². The van der Waals surface area contributed by atoms with Crippen molar-refractivity contribution in [2.45, 2.75) is 13.5 Å². The smallest absolute Gasteiger partial charge is 0.203 e. The number of nitrogens with zero attached hydrogens (tertiary/aromatic N) is 2. The molecule has 1 heterocycles. The minimum absolute atomic E-state index is 0.481. The van der Waals surface area contributed by atoms with E-state index in [1.54, 1.807) is 19.5 Å². The molecule has 128 valence electrons. The molecular formula is C19H19N3O2S. The molecule has 0 unspecified atom stereocenters. The van der Waals surface area contributed by atoms with E-state index in [9.17, 15) is 0 Å². The van der Waals surface area contributed by atoms with Gasteiger partial charge >= 0.3 is 0 Å². The summed E-state index contributed by atoms with van der Waals surface area (Å²) in [4.78, 5) is 4.11. The molecule has 0 aliphatic rings. The molecule has 25 heavy (non-hydrogen) atoms. The average Bonchev–Trinajstić information content (AvgIpc) is 3.15. The molecule has 0 bridgehead atoms. The molecule has 0 aliphatic carbocycles. The summed E-state index contributed by atoms with van der Waals surface area (Å²) in [5, 5.41) is 6.83. The molecule has 6 heteroatoms.